The minimum Gasteiger partial charge on any atom is -0.481 e. The van der Waals surface area contributed by atoms with E-state index in [1.54, 1.807) is 0 Å². The second-order valence-electron chi connectivity index (χ2n) is 7.88. The molecule has 4 nitrogen and oxygen atoms in total. The molecule has 1 fully saturated rings. The lowest BCUT2D eigenvalue weighted by Crippen LogP contribution is -2.33. The number of unbranched alkanes of at least 4 members (excludes halogenated alkanes) is 9. The third-order valence-electron chi connectivity index (χ3n) is 5.54. The minimum absolute atomic E-state index is 0.309. The SMILES string of the molecule is CCCCCCCCC/C=C/CCCCOC(=O)C1CCCCC1C(=O)O. The first-order chi connectivity index (χ1) is 13.2. The predicted molar refractivity (Wildman–Crippen MR) is 110 cm³/mol. The molecule has 1 N–H and O–H groups in total. The van der Waals surface area contributed by atoms with Crippen molar-refractivity contribution in [1.29, 1.82) is 0 Å². The Bertz CT molecular complexity index is 430. The monoisotopic (exact) mass is 380 g/mol. The maximum absolute atomic E-state index is 12.1. The van der Waals surface area contributed by atoms with Crippen LogP contribution in [0.3, 0.4) is 0 Å². The quantitative estimate of drug-likeness (QED) is 0.206. The summed E-state index contributed by atoms with van der Waals surface area (Å²) in [7, 11) is 0. The van der Waals surface area contributed by atoms with E-state index in [-0.39, 0.29) is 5.97 Å². The molecule has 27 heavy (non-hydrogen) atoms. The molecule has 0 saturated heterocycles. The Morgan fingerprint density at radius 3 is 2.04 bits per heavy atom. The van der Waals surface area contributed by atoms with Gasteiger partial charge in [-0.05, 0) is 44.9 Å². The molecule has 1 rings (SSSR count). The highest BCUT2D eigenvalue weighted by Gasteiger charge is 2.36. The van der Waals surface area contributed by atoms with Crippen molar-refractivity contribution in [1.82, 2.24) is 0 Å². The molecule has 0 amide bonds. The molecule has 0 spiro atoms. The lowest BCUT2D eigenvalue weighted by Gasteiger charge is -2.26. The Morgan fingerprint density at radius 2 is 1.41 bits per heavy atom. The minimum atomic E-state index is -0.859. The van der Waals surface area contributed by atoms with Gasteiger partial charge in [-0.2, -0.15) is 0 Å². The molecule has 156 valence electrons. The van der Waals surface area contributed by atoms with E-state index >= 15 is 0 Å². The van der Waals surface area contributed by atoms with Crippen molar-refractivity contribution in [3.8, 4) is 0 Å². The number of ether oxygens (including phenoxy) is 1. The Balaban J connectivity index is 1.97. The molecule has 0 aromatic heterocycles. The number of carboxylic acid groups (broad SMARTS) is 1. The van der Waals surface area contributed by atoms with E-state index < -0.39 is 17.8 Å². The topological polar surface area (TPSA) is 63.6 Å². The summed E-state index contributed by atoms with van der Waals surface area (Å²) in [6.07, 6.45) is 21.0. The summed E-state index contributed by atoms with van der Waals surface area (Å²) in [6.45, 7) is 2.66. The third kappa shape index (κ3) is 11.2. The van der Waals surface area contributed by atoms with Gasteiger partial charge in [-0.25, -0.2) is 0 Å². The zero-order valence-electron chi connectivity index (χ0n) is 17.3. The molecule has 1 aliphatic carbocycles. The summed E-state index contributed by atoms with van der Waals surface area (Å²) < 4.78 is 5.34. The Labute approximate surface area is 165 Å². The van der Waals surface area contributed by atoms with Gasteiger partial charge in [-0.15, -0.1) is 0 Å². The van der Waals surface area contributed by atoms with Gasteiger partial charge in [0.15, 0.2) is 0 Å². The second kappa shape index (κ2) is 15.7. The van der Waals surface area contributed by atoms with Gasteiger partial charge in [0.1, 0.15) is 0 Å². The highest BCUT2D eigenvalue weighted by atomic mass is 16.5. The molecule has 1 saturated carbocycles. The summed E-state index contributed by atoms with van der Waals surface area (Å²) in [6, 6.07) is 0. The highest BCUT2D eigenvalue weighted by molar-refractivity contribution is 5.81. The van der Waals surface area contributed by atoms with E-state index in [2.05, 4.69) is 19.1 Å². The largest absolute Gasteiger partial charge is 0.481 e. The first-order valence-electron chi connectivity index (χ1n) is 11.2. The summed E-state index contributed by atoms with van der Waals surface area (Å²) in [4.78, 5) is 23.4. The second-order valence-corrected chi connectivity index (χ2v) is 7.88. The van der Waals surface area contributed by atoms with Crippen LogP contribution in [0.4, 0.5) is 0 Å². The van der Waals surface area contributed by atoms with Gasteiger partial charge < -0.3 is 9.84 Å². The van der Waals surface area contributed by atoms with Gasteiger partial charge in [0.25, 0.3) is 0 Å². The maximum atomic E-state index is 12.1. The number of carbonyl (C=O) groups excluding carboxylic acids is 1. The third-order valence-corrected chi connectivity index (χ3v) is 5.54. The molecule has 0 aromatic carbocycles. The molecule has 2 atom stereocenters. The number of carbonyl (C=O) groups is 2. The first kappa shape index (κ1) is 23.7. The Kier molecular flexibility index (Phi) is 13.8. The average Bonchev–Trinajstić information content (AvgIpc) is 2.68. The molecule has 2 unspecified atom stereocenters. The number of hydrogen-bond donors (Lipinski definition) is 1. The summed E-state index contributed by atoms with van der Waals surface area (Å²) in [5, 5.41) is 9.24. The van der Waals surface area contributed by atoms with Crippen LogP contribution in [-0.4, -0.2) is 23.7 Å². The van der Waals surface area contributed by atoms with Crippen molar-refractivity contribution in [3.05, 3.63) is 12.2 Å². The number of allylic oxidation sites excluding steroid dienone is 2. The van der Waals surface area contributed by atoms with Crippen molar-refractivity contribution >= 4 is 11.9 Å². The molecule has 0 aliphatic heterocycles. The Hall–Kier alpha value is -1.32. The smallest absolute Gasteiger partial charge is 0.309 e. The molecule has 4 heteroatoms. The lowest BCUT2D eigenvalue weighted by atomic mass is 9.79. The van der Waals surface area contributed by atoms with Crippen LogP contribution in [0, 0.1) is 11.8 Å². The van der Waals surface area contributed by atoms with Crippen LogP contribution < -0.4 is 0 Å². The molecular formula is C23H40O4. The average molecular weight is 381 g/mol. The van der Waals surface area contributed by atoms with Gasteiger partial charge in [-0.1, -0.05) is 70.4 Å². The molecular weight excluding hydrogens is 340 g/mol. The van der Waals surface area contributed by atoms with E-state index in [0.717, 1.165) is 32.1 Å². The first-order valence-corrected chi connectivity index (χ1v) is 11.2. The number of hydrogen-bond acceptors (Lipinski definition) is 3. The number of aliphatic carboxylic acids is 1. The van der Waals surface area contributed by atoms with Gasteiger partial charge in [0.2, 0.25) is 0 Å². The summed E-state index contributed by atoms with van der Waals surface area (Å²) >= 11 is 0. The van der Waals surface area contributed by atoms with E-state index in [0.29, 0.717) is 19.4 Å². The summed E-state index contributed by atoms with van der Waals surface area (Å²) in [5.41, 5.74) is 0. The molecule has 0 heterocycles. The highest BCUT2D eigenvalue weighted by Crippen LogP contribution is 2.31. The zero-order chi connectivity index (χ0) is 19.7. The van der Waals surface area contributed by atoms with Crippen molar-refractivity contribution in [2.45, 2.75) is 103 Å². The standard InChI is InChI=1S/C23H40O4/c1-2-3-4-5-6-7-8-9-10-11-12-13-16-19-27-23(26)21-18-15-14-17-20(21)22(24)25/h10-11,20-21H,2-9,12-19H2,1H3,(H,24,25)/b11-10+. The number of carboxylic acids is 1. The van der Waals surface area contributed by atoms with Crippen molar-refractivity contribution in [2.24, 2.45) is 11.8 Å². The van der Waals surface area contributed by atoms with Gasteiger partial charge in [-0.3, -0.25) is 9.59 Å². The molecule has 0 aromatic rings. The van der Waals surface area contributed by atoms with Gasteiger partial charge in [0.05, 0.1) is 18.4 Å². The van der Waals surface area contributed by atoms with E-state index in [4.69, 9.17) is 4.74 Å². The zero-order valence-corrected chi connectivity index (χ0v) is 17.3. The van der Waals surface area contributed by atoms with E-state index in [9.17, 15) is 14.7 Å². The van der Waals surface area contributed by atoms with Gasteiger partial charge >= 0.3 is 11.9 Å². The molecule has 0 radical (unpaired) electrons. The fraction of sp³-hybridized carbons (Fsp3) is 0.826. The Morgan fingerprint density at radius 1 is 0.852 bits per heavy atom. The van der Waals surface area contributed by atoms with Crippen LogP contribution >= 0.6 is 0 Å². The fourth-order valence-corrected chi connectivity index (χ4v) is 3.81. The number of esters is 1. The van der Waals surface area contributed by atoms with Crippen LogP contribution in [0.2, 0.25) is 0 Å². The van der Waals surface area contributed by atoms with E-state index in [1.165, 1.54) is 51.4 Å². The number of rotatable bonds is 15. The summed E-state index contributed by atoms with van der Waals surface area (Å²) in [5.74, 6) is -2.17. The van der Waals surface area contributed by atoms with Crippen molar-refractivity contribution in [3.63, 3.8) is 0 Å². The van der Waals surface area contributed by atoms with E-state index in [1.807, 2.05) is 0 Å². The lowest BCUT2D eigenvalue weighted by molar-refractivity contribution is -0.159. The van der Waals surface area contributed by atoms with Crippen LogP contribution in [0.15, 0.2) is 12.2 Å². The molecule has 1 aliphatic rings. The van der Waals surface area contributed by atoms with Crippen molar-refractivity contribution < 1.29 is 19.4 Å². The van der Waals surface area contributed by atoms with Crippen LogP contribution in [0.1, 0.15) is 103 Å². The van der Waals surface area contributed by atoms with Crippen LogP contribution in [0.25, 0.3) is 0 Å². The normalized spacial score (nSPS) is 20.0. The fourth-order valence-electron chi connectivity index (χ4n) is 3.81. The van der Waals surface area contributed by atoms with Crippen LogP contribution in [0.5, 0.6) is 0 Å². The predicted octanol–water partition coefficient (Wildman–Crippen LogP) is 6.29. The molecule has 0 bridgehead atoms. The van der Waals surface area contributed by atoms with Gasteiger partial charge in [0, 0.05) is 0 Å². The van der Waals surface area contributed by atoms with Crippen molar-refractivity contribution in [2.75, 3.05) is 6.61 Å². The maximum Gasteiger partial charge on any atom is 0.309 e. The van der Waals surface area contributed by atoms with Crippen LogP contribution in [-0.2, 0) is 14.3 Å².